The summed E-state index contributed by atoms with van der Waals surface area (Å²) in [5.41, 5.74) is -2.42. The first-order valence-electron chi connectivity index (χ1n) is 5.49. The Balaban J connectivity index is 1.78. The Morgan fingerprint density at radius 3 is 2.35 bits per heavy atom. The smallest absolute Gasteiger partial charge is 0.363 e. The molecule has 2 rings (SSSR count). The van der Waals surface area contributed by atoms with E-state index in [1.54, 1.807) is 0 Å². The highest BCUT2D eigenvalue weighted by Gasteiger charge is 2.64. The number of hydrogen-bond donors (Lipinski definition) is 2. The lowest BCUT2D eigenvalue weighted by molar-refractivity contribution is -0.173. The van der Waals surface area contributed by atoms with Gasteiger partial charge in [0.05, 0.1) is 5.60 Å². The Kier molecular flexibility index (Phi) is 2.86. The van der Waals surface area contributed by atoms with Gasteiger partial charge in [-0.1, -0.05) is 0 Å². The molecule has 1 saturated carbocycles. The molecule has 1 aliphatic heterocycles. The van der Waals surface area contributed by atoms with Crippen LogP contribution in [0, 0.1) is 0 Å². The number of carbonyl (C=O) groups excluding carboxylic acids is 1. The molecule has 1 aliphatic carbocycles. The Morgan fingerprint density at radius 1 is 1.41 bits per heavy atom. The van der Waals surface area contributed by atoms with Crippen molar-refractivity contribution in [3.05, 3.63) is 0 Å². The molecule has 2 fully saturated rings. The summed E-state index contributed by atoms with van der Waals surface area (Å²) in [6.45, 7) is 2.72. The molecule has 98 valence electrons. The van der Waals surface area contributed by atoms with E-state index in [1.165, 1.54) is 0 Å². The summed E-state index contributed by atoms with van der Waals surface area (Å²) in [7, 11) is 0. The van der Waals surface area contributed by atoms with Crippen molar-refractivity contribution in [3.63, 3.8) is 0 Å². The molecule has 1 saturated heterocycles. The van der Waals surface area contributed by atoms with Gasteiger partial charge in [0.2, 0.25) is 5.91 Å². The fraction of sp³-hybridized carbons (Fsp3) is 0.900. The molecule has 17 heavy (non-hydrogen) atoms. The molecule has 0 spiro atoms. The van der Waals surface area contributed by atoms with E-state index in [4.69, 9.17) is 4.74 Å². The summed E-state index contributed by atoms with van der Waals surface area (Å²) >= 11 is 0. The molecule has 0 bridgehead atoms. The Bertz CT molecular complexity index is 322. The van der Waals surface area contributed by atoms with Crippen LogP contribution in [0.15, 0.2) is 0 Å². The van der Waals surface area contributed by atoms with Gasteiger partial charge in [-0.15, -0.1) is 0 Å². The van der Waals surface area contributed by atoms with Crippen LogP contribution in [0.4, 0.5) is 13.2 Å². The van der Waals surface area contributed by atoms with Crippen LogP contribution in [0.5, 0.6) is 0 Å². The number of ether oxygens (including phenoxy) is 1. The maximum Gasteiger partial charge on any atom is 0.411 e. The van der Waals surface area contributed by atoms with E-state index in [1.807, 2.05) is 12.2 Å². The maximum absolute atomic E-state index is 12.5. The number of halogens is 3. The Labute approximate surface area is 96.9 Å². The lowest BCUT2D eigenvalue weighted by atomic mass is 10.0. The molecule has 1 amide bonds. The summed E-state index contributed by atoms with van der Waals surface area (Å²) in [4.78, 5) is 11.4. The van der Waals surface area contributed by atoms with Crippen LogP contribution in [0.2, 0.25) is 0 Å². The quantitative estimate of drug-likeness (QED) is 0.769. The average molecular weight is 252 g/mol. The zero-order valence-corrected chi connectivity index (χ0v) is 9.49. The normalized spacial score (nSPS) is 24.9. The lowest BCUT2D eigenvalue weighted by Crippen LogP contribution is -2.60. The van der Waals surface area contributed by atoms with Crippen molar-refractivity contribution in [2.45, 2.75) is 37.1 Å². The molecule has 7 heteroatoms. The van der Waals surface area contributed by atoms with Gasteiger partial charge in [-0.25, -0.2) is 0 Å². The predicted molar refractivity (Wildman–Crippen MR) is 53.4 cm³/mol. The first-order valence-corrected chi connectivity index (χ1v) is 5.49. The van der Waals surface area contributed by atoms with Crippen LogP contribution in [0.1, 0.15) is 19.8 Å². The predicted octanol–water partition coefficient (Wildman–Crippen LogP) is 0.576. The molecule has 1 heterocycles. The van der Waals surface area contributed by atoms with Gasteiger partial charge in [0.25, 0.3) is 0 Å². The number of amides is 1. The van der Waals surface area contributed by atoms with Crippen LogP contribution >= 0.6 is 0 Å². The summed E-state index contributed by atoms with van der Waals surface area (Å²) in [6.07, 6.45) is -4.45. The summed E-state index contributed by atoms with van der Waals surface area (Å²) in [5, 5.41) is 4.99. The molecular weight excluding hydrogens is 237 g/mol. The zero-order chi connectivity index (χ0) is 12.7. The topological polar surface area (TPSA) is 50.4 Å². The summed E-state index contributed by atoms with van der Waals surface area (Å²) in [6, 6.07) is 0. The molecule has 2 N–H and O–H groups in total. The second-order valence-electron chi connectivity index (χ2n) is 4.97. The van der Waals surface area contributed by atoms with Crippen molar-refractivity contribution < 1.29 is 22.7 Å². The third-order valence-electron chi connectivity index (χ3n) is 3.22. The number of nitrogens with one attached hydrogen (secondary N) is 2. The summed E-state index contributed by atoms with van der Waals surface area (Å²) < 4.78 is 42.9. The van der Waals surface area contributed by atoms with Crippen LogP contribution in [-0.2, 0) is 9.53 Å². The van der Waals surface area contributed by atoms with E-state index in [-0.39, 0.29) is 19.4 Å². The highest BCUT2D eigenvalue weighted by Crippen LogP contribution is 2.48. The van der Waals surface area contributed by atoms with Crippen LogP contribution < -0.4 is 10.6 Å². The second kappa shape index (κ2) is 3.84. The van der Waals surface area contributed by atoms with E-state index in [9.17, 15) is 18.0 Å². The second-order valence-corrected chi connectivity index (χ2v) is 4.97. The molecule has 0 aromatic rings. The molecule has 2 aliphatic rings. The van der Waals surface area contributed by atoms with E-state index >= 15 is 0 Å². The lowest BCUT2D eigenvalue weighted by Gasteiger charge is -2.38. The van der Waals surface area contributed by atoms with Crippen LogP contribution in [0.25, 0.3) is 0 Å². The van der Waals surface area contributed by atoms with Gasteiger partial charge >= 0.3 is 6.18 Å². The van der Waals surface area contributed by atoms with Crippen molar-refractivity contribution in [3.8, 4) is 0 Å². The van der Waals surface area contributed by atoms with Crippen LogP contribution in [0.3, 0.4) is 0 Å². The molecule has 0 unspecified atom stereocenters. The van der Waals surface area contributed by atoms with Gasteiger partial charge in [0, 0.05) is 13.1 Å². The number of rotatable bonds is 4. The molecular formula is C10H15F3N2O2. The SMILES string of the molecule is CC1(OCC(=O)NC2(C(F)(F)F)CC2)CNC1. The van der Waals surface area contributed by atoms with Crippen molar-refractivity contribution >= 4 is 5.91 Å². The maximum atomic E-state index is 12.5. The molecule has 0 aromatic carbocycles. The van der Waals surface area contributed by atoms with E-state index in [2.05, 4.69) is 5.32 Å². The van der Waals surface area contributed by atoms with Crippen LogP contribution in [-0.4, -0.2) is 42.9 Å². The van der Waals surface area contributed by atoms with Gasteiger partial charge in [-0.2, -0.15) is 13.2 Å². The fourth-order valence-corrected chi connectivity index (χ4v) is 1.73. The number of carbonyl (C=O) groups is 1. The van der Waals surface area contributed by atoms with Crippen molar-refractivity contribution in [1.82, 2.24) is 10.6 Å². The molecule has 0 aromatic heterocycles. The minimum Gasteiger partial charge on any atom is -0.363 e. The van der Waals surface area contributed by atoms with Crippen molar-refractivity contribution in [2.75, 3.05) is 19.7 Å². The average Bonchev–Trinajstić information content (AvgIpc) is 2.92. The van der Waals surface area contributed by atoms with E-state index < -0.39 is 23.2 Å². The minimum atomic E-state index is -4.37. The molecule has 0 radical (unpaired) electrons. The third kappa shape index (κ3) is 2.55. The molecule has 4 nitrogen and oxygen atoms in total. The highest BCUT2D eigenvalue weighted by atomic mass is 19.4. The van der Waals surface area contributed by atoms with E-state index in [0.29, 0.717) is 13.1 Å². The van der Waals surface area contributed by atoms with Gasteiger partial charge in [0.1, 0.15) is 12.1 Å². The fourth-order valence-electron chi connectivity index (χ4n) is 1.73. The van der Waals surface area contributed by atoms with Crippen molar-refractivity contribution in [1.29, 1.82) is 0 Å². The third-order valence-corrected chi connectivity index (χ3v) is 3.22. The summed E-state index contributed by atoms with van der Waals surface area (Å²) in [5.74, 6) is -0.701. The van der Waals surface area contributed by atoms with Crippen molar-refractivity contribution in [2.24, 2.45) is 0 Å². The largest absolute Gasteiger partial charge is 0.411 e. The Morgan fingerprint density at radius 2 is 2.00 bits per heavy atom. The van der Waals surface area contributed by atoms with E-state index in [0.717, 1.165) is 0 Å². The highest BCUT2D eigenvalue weighted by molar-refractivity contribution is 5.78. The van der Waals surface area contributed by atoms with Gasteiger partial charge in [0.15, 0.2) is 0 Å². The first-order chi connectivity index (χ1) is 7.77. The Hall–Kier alpha value is -0.820. The number of alkyl halides is 3. The van der Waals surface area contributed by atoms with Gasteiger partial charge in [-0.3, -0.25) is 4.79 Å². The number of hydrogen-bond acceptors (Lipinski definition) is 3. The first kappa shape index (κ1) is 12.6. The standard InChI is InChI=1S/C10H15F3N2O2/c1-8(5-14-6-8)17-4-7(16)15-9(2-3-9)10(11,12)13/h14H,2-6H2,1H3,(H,15,16). The monoisotopic (exact) mass is 252 g/mol. The van der Waals surface area contributed by atoms with Gasteiger partial charge < -0.3 is 15.4 Å². The minimum absolute atomic E-state index is 0.0406. The van der Waals surface area contributed by atoms with Gasteiger partial charge in [-0.05, 0) is 19.8 Å². The zero-order valence-electron chi connectivity index (χ0n) is 9.49. The molecule has 0 atom stereocenters.